The predicted molar refractivity (Wildman–Crippen MR) is 63.7 cm³/mol. The standard InChI is InChI=1S/C14H18O/c1-5-10(3)12-8-7-9-13(11(12)4)14(15)6-2/h2,7-10,14-15H,5H2,1,3-4H3. The third-order valence-corrected chi connectivity index (χ3v) is 3.01. The number of aliphatic hydroxyl groups excluding tert-OH is 1. The van der Waals surface area contributed by atoms with Crippen LogP contribution in [-0.2, 0) is 0 Å². The Balaban J connectivity index is 3.18. The molecule has 0 aliphatic carbocycles. The van der Waals surface area contributed by atoms with E-state index in [1.807, 2.05) is 19.1 Å². The lowest BCUT2D eigenvalue weighted by Crippen LogP contribution is -2.02. The first-order chi connectivity index (χ1) is 7.11. The van der Waals surface area contributed by atoms with Crippen molar-refractivity contribution >= 4 is 0 Å². The van der Waals surface area contributed by atoms with Gasteiger partial charge in [-0.1, -0.05) is 38.0 Å². The lowest BCUT2D eigenvalue weighted by atomic mass is 9.90. The maximum Gasteiger partial charge on any atom is 0.140 e. The molecule has 1 heteroatoms. The Morgan fingerprint density at radius 1 is 1.40 bits per heavy atom. The van der Waals surface area contributed by atoms with E-state index in [2.05, 4.69) is 25.8 Å². The quantitative estimate of drug-likeness (QED) is 0.746. The average Bonchev–Trinajstić information content (AvgIpc) is 2.27. The number of terminal acetylenes is 1. The molecule has 15 heavy (non-hydrogen) atoms. The number of rotatable bonds is 3. The Bertz CT molecular complexity index is 373. The second kappa shape index (κ2) is 5.00. The molecule has 2 atom stereocenters. The summed E-state index contributed by atoms with van der Waals surface area (Å²) in [6.45, 7) is 6.38. The zero-order valence-corrected chi connectivity index (χ0v) is 9.62. The molecule has 0 aromatic heterocycles. The molecular formula is C14H18O. The maximum absolute atomic E-state index is 9.65. The molecule has 1 rings (SSSR count). The minimum atomic E-state index is -0.783. The van der Waals surface area contributed by atoms with Crippen LogP contribution in [0.3, 0.4) is 0 Å². The van der Waals surface area contributed by atoms with Gasteiger partial charge in [-0.05, 0) is 36.0 Å². The van der Waals surface area contributed by atoms with Crippen molar-refractivity contribution in [3.05, 3.63) is 34.9 Å². The number of aliphatic hydroxyl groups is 1. The monoisotopic (exact) mass is 202 g/mol. The van der Waals surface area contributed by atoms with Crippen molar-refractivity contribution in [1.82, 2.24) is 0 Å². The minimum absolute atomic E-state index is 0.509. The predicted octanol–water partition coefficient (Wildman–Crippen LogP) is 3.18. The van der Waals surface area contributed by atoms with Crippen molar-refractivity contribution < 1.29 is 5.11 Å². The van der Waals surface area contributed by atoms with E-state index >= 15 is 0 Å². The Labute approximate surface area is 92.1 Å². The molecule has 1 aromatic rings. The molecule has 1 aromatic carbocycles. The van der Waals surface area contributed by atoms with Gasteiger partial charge in [0.2, 0.25) is 0 Å². The highest BCUT2D eigenvalue weighted by Gasteiger charge is 2.12. The van der Waals surface area contributed by atoms with Gasteiger partial charge < -0.3 is 5.11 Å². The number of hydrogen-bond acceptors (Lipinski definition) is 1. The Morgan fingerprint density at radius 2 is 2.00 bits per heavy atom. The highest BCUT2D eigenvalue weighted by molar-refractivity contribution is 5.39. The summed E-state index contributed by atoms with van der Waals surface area (Å²) in [5, 5.41) is 9.65. The van der Waals surface area contributed by atoms with Crippen LogP contribution in [0.2, 0.25) is 0 Å². The third-order valence-electron chi connectivity index (χ3n) is 3.01. The SMILES string of the molecule is C#CC(O)c1cccc(C(C)CC)c1C. The van der Waals surface area contributed by atoms with Crippen molar-refractivity contribution in [1.29, 1.82) is 0 Å². The molecule has 0 aliphatic rings. The fraction of sp³-hybridized carbons (Fsp3) is 0.429. The van der Waals surface area contributed by atoms with Crippen molar-refractivity contribution in [2.45, 2.75) is 39.2 Å². The van der Waals surface area contributed by atoms with E-state index in [0.29, 0.717) is 5.92 Å². The summed E-state index contributed by atoms with van der Waals surface area (Å²) in [5.41, 5.74) is 3.26. The van der Waals surface area contributed by atoms with Crippen LogP contribution in [0, 0.1) is 19.3 Å². The normalized spacial score (nSPS) is 14.3. The van der Waals surface area contributed by atoms with Crippen molar-refractivity contribution in [2.24, 2.45) is 0 Å². The van der Waals surface area contributed by atoms with Gasteiger partial charge in [-0.25, -0.2) is 0 Å². The van der Waals surface area contributed by atoms with Gasteiger partial charge in [0.25, 0.3) is 0 Å². The molecule has 0 amide bonds. The Kier molecular flexibility index (Phi) is 3.94. The summed E-state index contributed by atoms with van der Waals surface area (Å²) in [7, 11) is 0. The lowest BCUT2D eigenvalue weighted by molar-refractivity contribution is 0.237. The molecule has 80 valence electrons. The van der Waals surface area contributed by atoms with Gasteiger partial charge in [0.1, 0.15) is 6.10 Å². The van der Waals surface area contributed by atoms with E-state index in [1.165, 1.54) is 5.56 Å². The number of hydrogen-bond donors (Lipinski definition) is 1. The average molecular weight is 202 g/mol. The van der Waals surface area contributed by atoms with Gasteiger partial charge >= 0.3 is 0 Å². The van der Waals surface area contributed by atoms with Gasteiger partial charge in [-0.2, -0.15) is 0 Å². The van der Waals surface area contributed by atoms with E-state index in [0.717, 1.165) is 17.5 Å². The van der Waals surface area contributed by atoms with Gasteiger partial charge in [0.05, 0.1) is 0 Å². The van der Waals surface area contributed by atoms with Crippen LogP contribution in [-0.4, -0.2) is 5.11 Å². The summed E-state index contributed by atoms with van der Waals surface area (Å²) in [6.07, 6.45) is 5.54. The van der Waals surface area contributed by atoms with Crippen molar-refractivity contribution in [3.8, 4) is 12.3 Å². The summed E-state index contributed by atoms with van der Waals surface area (Å²) in [5.74, 6) is 2.87. The van der Waals surface area contributed by atoms with Crippen LogP contribution in [0.5, 0.6) is 0 Å². The summed E-state index contributed by atoms with van der Waals surface area (Å²) in [6, 6.07) is 5.96. The van der Waals surface area contributed by atoms with E-state index < -0.39 is 6.10 Å². The van der Waals surface area contributed by atoms with Gasteiger partial charge in [0, 0.05) is 0 Å². The highest BCUT2D eigenvalue weighted by Crippen LogP contribution is 2.27. The topological polar surface area (TPSA) is 20.2 Å². The van der Waals surface area contributed by atoms with Crippen LogP contribution >= 0.6 is 0 Å². The fourth-order valence-corrected chi connectivity index (χ4v) is 1.81. The molecule has 2 unspecified atom stereocenters. The van der Waals surface area contributed by atoms with Crippen LogP contribution in [0.4, 0.5) is 0 Å². The third kappa shape index (κ3) is 2.40. The van der Waals surface area contributed by atoms with Gasteiger partial charge in [-0.3, -0.25) is 0 Å². The first-order valence-corrected chi connectivity index (χ1v) is 5.35. The fourth-order valence-electron chi connectivity index (χ4n) is 1.81. The number of benzene rings is 1. The molecule has 0 saturated heterocycles. The molecule has 0 saturated carbocycles. The van der Waals surface area contributed by atoms with Gasteiger partial charge in [0.15, 0.2) is 0 Å². The van der Waals surface area contributed by atoms with E-state index in [9.17, 15) is 5.11 Å². The molecule has 0 bridgehead atoms. The molecule has 0 spiro atoms. The second-order valence-corrected chi connectivity index (χ2v) is 3.94. The molecule has 1 nitrogen and oxygen atoms in total. The van der Waals surface area contributed by atoms with E-state index in [-0.39, 0.29) is 0 Å². The Hall–Kier alpha value is -1.26. The first-order valence-electron chi connectivity index (χ1n) is 5.35. The molecule has 0 radical (unpaired) electrons. The smallest absolute Gasteiger partial charge is 0.140 e. The van der Waals surface area contributed by atoms with E-state index in [4.69, 9.17) is 6.42 Å². The molecule has 0 heterocycles. The van der Waals surface area contributed by atoms with Crippen molar-refractivity contribution in [3.63, 3.8) is 0 Å². The van der Waals surface area contributed by atoms with Crippen LogP contribution in [0.1, 0.15) is 49.0 Å². The summed E-state index contributed by atoms with van der Waals surface area (Å²) < 4.78 is 0. The summed E-state index contributed by atoms with van der Waals surface area (Å²) in [4.78, 5) is 0. The van der Waals surface area contributed by atoms with Gasteiger partial charge in [-0.15, -0.1) is 6.42 Å². The molecule has 0 fully saturated rings. The largest absolute Gasteiger partial charge is 0.376 e. The zero-order chi connectivity index (χ0) is 11.4. The first kappa shape index (κ1) is 11.8. The van der Waals surface area contributed by atoms with Crippen molar-refractivity contribution in [2.75, 3.05) is 0 Å². The minimum Gasteiger partial charge on any atom is -0.376 e. The molecule has 0 aliphatic heterocycles. The maximum atomic E-state index is 9.65. The summed E-state index contributed by atoms with van der Waals surface area (Å²) >= 11 is 0. The van der Waals surface area contributed by atoms with Crippen LogP contribution < -0.4 is 0 Å². The van der Waals surface area contributed by atoms with Crippen LogP contribution in [0.15, 0.2) is 18.2 Å². The van der Waals surface area contributed by atoms with E-state index in [1.54, 1.807) is 0 Å². The zero-order valence-electron chi connectivity index (χ0n) is 9.62. The molecular weight excluding hydrogens is 184 g/mol. The van der Waals surface area contributed by atoms with Crippen LogP contribution in [0.25, 0.3) is 0 Å². The molecule has 1 N–H and O–H groups in total. The lowest BCUT2D eigenvalue weighted by Gasteiger charge is -2.16. The Morgan fingerprint density at radius 3 is 2.53 bits per heavy atom. The second-order valence-electron chi connectivity index (χ2n) is 3.94. The highest BCUT2D eigenvalue weighted by atomic mass is 16.3.